The van der Waals surface area contributed by atoms with Crippen molar-refractivity contribution in [3.63, 3.8) is 0 Å². The summed E-state index contributed by atoms with van der Waals surface area (Å²) in [5, 5.41) is 3.03. The van der Waals surface area contributed by atoms with Crippen molar-refractivity contribution in [2.45, 2.75) is 12.5 Å². The van der Waals surface area contributed by atoms with Crippen LogP contribution in [-0.2, 0) is 20.0 Å². The van der Waals surface area contributed by atoms with Crippen molar-refractivity contribution >= 4 is 31.6 Å². The normalized spacial score (nSPS) is 21.4. The molecule has 0 bridgehead atoms. The highest BCUT2D eigenvalue weighted by Gasteiger charge is 2.27. The molecule has 1 aliphatic heterocycles. The maximum Gasteiger partial charge on any atom is 0.301 e. The Hall–Kier alpha value is -1.39. The molecule has 1 aromatic rings. The highest BCUT2D eigenvalue weighted by molar-refractivity contribution is 7.91. The molecule has 10 heteroatoms. The number of rotatable bonds is 5. The summed E-state index contributed by atoms with van der Waals surface area (Å²) in [7, 11) is -3.66. The van der Waals surface area contributed by atoms with Gasteiger partial charge in [-0.1, -0.05) is 0 Å². The average Bonchev–Trinajstić information content (AvgIpc) is 2.70. The van der Waals surface area contributed by atoms with Gasteiger partial charge < -0.3 is 5.32 Å². The Morgan fingerprint density at radius 1 is 1.33 bits per heavy atom. The van der Waals surface area contributed by atoms with E-state index in [0.29, 0.717) is 17.9 Å². The van der Waals surface area contributed by atoms with Gasteiger partial charge in [0.2, 0.25) is 0 Å². The number of pyridine rings is 1. The number of nitrogens with zero attached hydrogens (tertiary/aromatic N) is 2. The van der Waals surface area contributed by atoms with E-state index in [1.54, 1.807) is 12.1 Å². The van der Waals surface area contributed by atoms with Crippen LogP contribution in [0.4, 0.5) is 11.5 Å². The lowest BCUT2D eigenvalue weighted by Crippen LogP contribution is -2.29. The zero-order valence-electron chi connectivity index (χ0n) is 11.8. The lowest BCUT2D eigenvalue weighted by atomic mass is 10.2. The van der Waals surface area contributed by atoms with E-state index < -0.39 is 20.0 Å². The van der Waals surface area contributed by atoms with Gasteiger partial charge in [-0.25, -0.2) is 13.4 Å². The standard InChI is InChI=1S/C11H18N4O4S2/c1-15(2)21(18,19)14-9-3-4-11(12-7-9)13-10-5-6-20(16,17)8-10/h3-4,7,10,14H,5-6,8H2,1-2H3,(H,12,13). The first-order valence-corrected chi connectivity index (χ1v) is 9.57. The van der Waals surface area contributed by atoms with Gasteiger partial charge in [-0.3, -0.25) is 4.72 Å². The second kappa shape index (κ2) is 5.78. The quantitative estimate of drug-likeness (QED) is 0.778. The number of sulfone groups is 1. The van der Waals surface area contributed by atoms with Gasteiger partial charge in [-0.05, 0) is 18.6 Å². The Morgan fingerprint density at radius 2 is 2.05 bits per heavy atom. The minimum atomic E-state index is -3.56. The van der Waals surface area contributed by atoms with Crippen LogP contribution in [0, 0.1) is 0 Å². The van der Waals surface area contributed by atoms with Gasteiger partial charge in [0.05, 0.1) is 23.4 Å². The van der Waals surface area contributed by atoms with E-state index in [1.165, 1.54) is 20.3 Å². The largest absolute Gasteiger partial charge is 0.366 e. The summed E-state index contributed by atoms with van der Waals surface area (Å²) in [5.41, 5.74) is 0.341. The molecule has 0 radical (unpaired) electrons. The maximum absolute atomic E-state index is 11.6. The third kappa shape index (κ3) is 4.29. The number of aromatic nitrogens is 1. The second-order valence-electron chi connectivity index (χ2n) is 5.07. The molecule has 0 amide bonds. The monoisotopic (exact) mass is 334 g/mol. The minimum absolute atomic E-state index is 0.101. The predicted octanol–water partition coefficient (Wildman–Crippen LogP) is -0.101. The molecular weight excluding hydrogens is 316 g/mol. The lowest BCUT2D eigenvalue weighted by molar-refractivity contribution is 0.527. The molecule has 1 aliphatic rings. The Balaban J connectivity index is 2.00. The molecule has 1 atom stereocenters. The first-order valence-electron chi connectivity index (χ1n) is 6.31. The molecule has 8 nitrogen and oxygen atoms in total. The fourth-order valence-electron chi connectivity index (χ4n) is 1.90. The Morgan fingerprint density at radius 3 is 2.52 bits per heavy atom. The van der Waals surface area contributed by atoms with E-state index in [2.05, 4.69) is 15.0 Å². The third-order valence-electron chi connectivity index (χ3n) is 3.08. The van der Waals surface area contributed by atoms with Crippen LogP contribution >= 0.6 is 0 Å². The van der Waals surface area contributed by atoms with Gasteiger partial charge in [0.25, 0.3) is 0 Å². The Kier molecular flexibility index (Phi) is 4.40. The van der Waals surface area contributed by atoms with Crippen molar-refractivity contribution in [2.75, 3.05) is 35.6 Å². The van der Waals surface area contributed by atoms with E-state index in [-0.39, 0.29) is 17.5 Å². The number of anilines is 2. The summed E-state index contributed by atoms with van der Waals surface area (Å²) in [4.78, 5) is 4.08. The third-order valence-corrected chi connectivity index (χ3v) is 6.30. The Labute approximate surface area is 124 Å². The van der Waals surface area contributed by atoms with Crippen LogP contribution in [0.2, 0.25) is 0 Å². The van der Waals surface area contributed by atoms with Gasteiger partial charge in [0.1, 0.15) is 5.82 Å². The molecule has 1 aromatic heterocycles. The van der Waals surface area contributed by atoms with Crippen LogP contribution in [0.25, 0.3) is 0 Å². The van der Waals surface area contributed by atoms with Crippen molar-refractivity contribution in [2.24, 2.45) is 0 Å². The van der Waals surface area contributed by atoms with Crippen LogP contribution in [0.3, 0.4) is 0 Å². The molecule has 1 saturated heterocycles. The summed E-state index contributed by atoms with van der Waals surface area (Å²) < 4.78 is 49.4. The summed E-state index contributed by atoms with van der Waals surface area (Å²) in [6, 6.07) is 3.03. The zero-order chi connectivity index (χ0) is 15.7. The van der Waals surface area contributed by atoms with Crippen LogP contribution in [-0.4, -0.2) is 57.8 Å². The molecule has 0 spiro atoms. The first kappa shape index (κ1) is 16.0. The predicted molar refractivity (Wildman–Crippen MR) is 81.1 cm³/mol. The van der Waals surface area contributed by atoms with Crippen LogP contribution in [0.5, 0.6) is 0 Å². The van der Waals surface area contributed by atoms with Crippen molar-refractivity contribution in [3.05, 3.63) is 18.3 Å². The first-order chi connectivity index (χ1) is 9.68. The molecular formula is C11H18N4O4S2. The van der Waals surface area contributed by atoms with Gasteiger partial charge in [-0.15, -0.1) is 0 Å². The summed E-state index contributed by atoms with van der Waals surface area (Å²) in [6.45, 7) is 0. The van der Waals surface area contributed by atoms with E-state index in [0.717, 1.165) is 4.31 Å². The van der Waals surface area contributed by atoms with Crippen molar-refractivity contribution < 1.29 is 16.8 Å². The highest BCUT2D eigenvalue weighted by Crippen LogP contribution is 2.17. The van der Waals surface area contributed by atoms with Crippen LogP contribution in [0.1, 0.15) is 6.42 Å². The SMILES string of the molecule is CN(C)S(=O)(=O)Nc1ccc(NC2CCS(=O)(=O)C2)nc1. The van der Waals surface area contributed by atoms with E-state index >= 15 is 0 Å². The molecule has 21 heavy (non-hydrogen) atoms. The van der Waals surface area contributed by atoms with Crippen LogP contribution in [0.15, 0.2) is 18.3 Å². The maximum atomic E-state index is 11.6. The summed E-state index contributed by atoms with van der Waals surface area (Å²) in [5.74, 6) is 0.805. The minimum Gasteiger partial charge on any atom is -0.366 e. The van der Waals surface area contributed by atoms with Crippen LogP contribution < -0.4 is 10.0 Å². The second-order valence-corrected chi connectivity index (χ2v) is 9.18. The van der Waals surface area contributed by atoms with Crippen molar-refractivity contribution in [1.29, 1.82) is 0 Å². The number of hydrogen-bond donors (Lipinski definition) is 2. The van der Waals surface area contributed by atoms with E-state index in [1.807, 2.05) is 0 Å². The fraction of sp³-hybridized carbons (Fsp3) is 0.545. The van der Waals surface area contributed by atoms with Gasteiger partial charge in [0, 0.05) is 20.1 Å². The molecule has 0 saturated carbocycles. The topological polar surface area (TPSA) is 108 Å². The number of nitrogens with one attached hydrogen (secondary N) is 2. The molecule has 2 N–H and O–H groups in total. The smallest absolute Gasteiger partial charge is 0.301 e. The van der Waals surface area contributed by atoms with E-state index in [4.69, 9.17) is 0 Å². The number of hydrogen-bond acceptors (Lipinski definition) is 6. The molecule has 2 heterocycles. The molecule has 1 fully saturated rings. The molecule has 1 unspecified atom stereocenters. The van der Waals surface area contributed by atoms with Crippen molar-refractivity contribution in [1.82, 2.24) is 9.29 Å². The van der Waals surface area contributed by atoms with Gasteiger partial charge >= 0.3 is 10.2 Å². The lowest BCUT2D eigenvalue weighted by Gasteiger charge is -2.14. The zero-order valence-corrected chi connectivity index (χ0v) is 13.4. The summed E-state index contributed by atoms with van der Waals surface area (Å²) >= 11 is 0. The van der Waals surface area contributed by atoms with Gasteiger partial charge in [-0.2, -0.15) is 12.7 Å². The molecule has 0 aliphatic carbocycles. The highest BCUT2D eigenvalue weighted by atomic mass is 32.2. The van der Waals surface area contributed by atoms with Gasteiger partial charge in [0.15, 0.2) is 9.84 Å². The summed E-state index contributed by atoms with van der Waals surface area (Å²) in [6.07, 6.45) is 1.94. The Bertz CT molecular complexity index is 698. The molecule has 0 aromatic carbocycles. The average molecular weight is 334 g/mol. The molecule has 118 valence electrons. The van der Waals surface area contributed by atoms with Crippen molar-refractivity contribution in [3.8, 4) is 0 Å². The molecule has 2 rings (SSSR count). The fourth-order valence-corrected chi connectivity index (χ4v) is 4.17. The van der Waals surface area contributed by atoms with E-state index in [9.17, 15) is 16.8 Å².